The van der Waals surface area contributed by atoms with Gasteiger partial charge < -0.3 is 18.9 Å². The Morgan fingerprint density at radius 3 is 2.61 bits per heavy atom. The maximum atomic E-state index is 12.0. The Labute approximate surface area is 194 Å². The van der Waals surface area contributed by atoms with E-state index in [0.717, 1.165) is 41.2 Å². The van der Waals surface area contributed by atoms with Gasteiger partial charge in [0.05, 0.1) is 44.9 Å². The van der Waals surface area contributed by atoms with E-state index in [1.54, 1.807) is 21.0 Å². The Hall–Kier alpha value is -3.32. The summed E-state index contributed by atoms with van der Waals surface area (Å²) in [7, 11) is 3.00. The van der Waals surface area contributed by atoms with Crippen LogP contribution in [0.2, 0.25) is 0 Å². The molecule has 1 aromatic heterocycles. The fourth-order valence-corrected chi connectivity index (χ4v) is 3.51. The van der Waals surface area contributed by atoms with Crippen LogP contribution in [0.3, 0.4) is 0 Å². The Kier molecular flexibility index (Phi) is 6.70. The van der Waals surface area contributed by atoms with Gasteiger partial charge in [-0.2, -0.15) is 5.10 Å². The van der Waals surface area contributed by atoms with E-state index >= 15 is 0 Å². The Bertz CT molecular complexity index is 1120. The molecule has 0 aliphatic heterocycles. The van der Waals surface area contributed by atoms with Gasteiger partial charge in [-0.1, -0.05) is 30.3 Å². The number of ether oxygens (including phenoxy) is 4. The molecule has 0 amide bonds. The van der Waals surface area contributed by atoms with Crippen molar-refractivity contribution < 1.29 is 23.7 Å². The summed E-state index contributed by atoms with van der Waals surface area (Å²) in [6.07, 6.45) is 2.51. The van der Waals surface area contributed by atoms with Crippen molar-refractivity contribution in [1.82, 2.24) is 9.78 Å². The average Bonchev–Trinajstić information content (AvgIpc) is 3.56. The number of nitrogens with zero attached hydrogens (tertiary/aromatic N) is 2. The first-order chi connectivity index (χ1) is 15.9. The van der Waals surface area contributed by atoms with Crippen LogP contribution < -0.4 is 9.47 Å². The zero-order valence-electron chi connectivity index (χ0n) is 19.5. The van der Waals surface area contributed by atoms with Crippen molar-refractivity contribution in [2.45, 2.75) is 51.5 Å². The largest absolute Gasteiger partial charge is 0.497 e. The lowest BCUT2D eigenvalue weighted by Crippen LogP contribution is -2.35. The third-order valence-corrected chi connectivity index (χ3v) is 5.56. The lowest BCUT2D eigenvalue weighted by Gasteiger charge is -2.21. The number of para-hydroxylation sites is 1. The van der Waals surface area contributed by atoms with Crippen LogP contribution >= 0.6 is 0 Å². The summed E-state index contributed by atoms with van der Waals surface area (Å²) in [5.41, 5.74) is 2.59. The normalized spacial score (nSPS) is 13.6. The minimum atomic E-state index is -1.07. The Morgan fingerprint density at radius 2 is 1.88 bits per heavy atom. The summed E-state index contributed by atoms with van der Waals surface area (Å²) in [5, 5.41) is 4.80. The summed E-state index contributed by atoms with van der Waals surface area (Å²) in [6, 6.07) is 17.9. The van der Waals surface area contributed by atoms with Crippen LogP contribution in [0.15, 0.2) is 54.6 Å². The summed E-state index contributed by atoms with van der Waals surface area (Å²) >= 11 is 0. The highest BCUT2D eigenvalue weighted by Gasteiger charge is 2.30. The number of aromatic nitrogens is 2. The van der Waals surface area contributed by atoms with Crippen molar-refractivity contribution in [3.05, 3.63) is 65.9 Å². The highest BCUT2D eigenvalue weighted by Crippen LogP contribution is 2.31. The molecule has 0 atom stereocenters. The van der Waals surface area contributed by atoms with E-state index in [2.05, 4.69) is 6.07 Å². The number of benzene rings is 2. The molecule has 0 radical (unpaired) electrons. The van der Waals surface area contributed by atoms with Gasteiger partial charge in [0.15, 0.2) is 5.60 Å². The van der Waals surface area contributed by atoms with Gasteiger partial charge >= 0.3 is 5.97 Å². The minimum absolute atomic E-state index is 0.173. The van der Waals surface area contributed by atoms with Crippen LogP contribution in [-0.2, 0) is 27.4 Å². The molecule has 3 aromatic rings. The third kappa shape index (κ3) is 5.54. The summed E-state index contributed by atoms with van der Waals surface area (Å²) < 4.78 is 24.2. The average molecular weight is 451 g/mol. The second kappa shape index (κ2) is 9.67. The number of carbonyl (C=O) groups excluding carboxylic acids is 1. The van der Waals surface area contributed by atoms with Gasteiger partial charge in [-0.25, -0.2) is 4.79 Å². The molecule has 1 aliphatic carbocycles. The van der Waals surface area contributed by atoms with Crippen molar-refractivity contribution in [2.24, 2.45) is 0 Å². The Balaban J connectivity index is 1.65. The van der Waals surface area contributed by atoms with Crippen molar-refractivity contribution in [3.63, 3.8) is 0 Å². The van der Waals surface area contributed by atoms with Gasteiger partial charge in [0.25, 0.3) is 0 Å². The number of hydrogen-bond donors (Lipinski definition) is 0. The predicted molar refractivity (Wildman–Crippen MR) is 124 cm³/mol. The molecule has 0 unspecified atom stereocenters. The lowest BCUT2D eigenvalue weighted by atomic mass is 10.1. The maximum Gasteiger partial charge on any atom is 0.337 e. The smallest absolute Gasteiger partial charge is 0.337 e. The molecule has 7 nitrogen and oxygen atoms in total. The topological polar surface area (TPSA) is 71.8 Å². The summed E-state index contributed by atoms with van der Waals surface area (Å²) in [5.74, 6) is 1.22. The first kappa shape index (κ1) is 22.9. The maximum absolute atomic E-state index is 12.0. The van der Waals surface area contributed by atoms with Crippen molar-refractivity contribution in [1.29, 1.82) is 0 Å². The highest BCUT2D eigenvalue weighted by molar-refractivity contribution is 5.78. The molecule has 1 saturated carbocycles. The number of rotatable bonds is 10. The van der Waals surface area contributed by atoms with Gasteiger partial charge in [0, 0.05) is 11.1 Å². The molecule has 1 heterocycles. The second-order valence-electron chi connectivity index (χ2n) is 8.63. The van der Waals surface area contributed by atoms with Crippen LogP contribution in [0.1, 0.15) is 37.9 Å². The van der Waals surface area contributed by atoms with Gasteiger partial charge in [-0.05, 0) is 51.0 Å². The van der Waals surface area contributed by atoms with E-state index in [1.807, 2.05) is 53.2 Å². The quantitative estimate of drug-likeness (QED) is 0.420. The SMILES string of the molecule is COC(=O)C(C)(C)OCc1cc(-c2cccc(OC)c2)n(Cc2ccccc2OC2CC2)n1. The predicted octanol–water partition coefficient (Wildman–Crippen LogP) is 4.62. The molecule has 4 rings (SSSR count). The van der Waals surface area contributed by atoms with Crippen LogP contribution in [0.5, 0.6) is 11.5 Å². The highest BCUT2D eigenvalue weighted by atomic mass is 16.6. The number of methoxy groups -OCH3 is 2. The third-order valence-electron chi connectivity index (χ3n) is 5.56. The molecule has 0 spiro atoms. The van der Waals surface area contributed by atoms with Crippen LogP contribution in [-0.4, -0.2) is 41.7 Å². The van der Waals surface area contributed by atoms with E-state index in [1.165, 1.54) is 7.11 Å². The van der Waals surface area contributed by atoms with Gasteiger partial charge in [0.2, 0.25) is 0 Å². The lowest BCUT2D eigenvalue weighted by molar-refractivity contribution is -0.166. The van der Waals surface area contributed by atoms with Crippen molar-refractivity contribution in [2.75, 3.05) is 14.2 Å². The molecule has 0 N–H and O–H groups in total. The number of hydrogen-bond acceptors (Lipinski definition) is 6. The van der Waals surface area contributed by atoms with E-state index in [0.29, 0.717) is 18.3 Å². The molecule has 1 fully saturated rings. The summed E-state index contributed by atoms with van der Waals surface area (Å²) in [6.45, 7) is 4.08. The molecule has 33 heavy (non-hydrogen) atoms. The second-order valence-corrected chi connectivity index (χ2v) is 8.63. The van der Waals surface area contributed by atoms with Gasteiger partial charge in [-0.15, -0.1) is 0 Å². The standard InChI is InChI=1S/C26H30N2O5/c1-26(2,25(29)31-4)32-17-20-15-23(18-9-7-10-22(14-18)30-3)28(27-20)16-19-8-5-6-11-24(19)33-21-12-13-21/h5-11,14-15,21H,12-13,16-17H2,1-4H3. The number of esters is 1. The monoisotopic (exact) mass is 450 g/mol. The fraction of sp³-hybridized carbons (Fsp3) is 0.385. The van der Waals surface area contributed by atoms with Crippen LogP contribution in [0.25, 0.3) is 11.3 Å². The molecule has 0 saturated heterocycles. The molecule has 174 valence electrons. The minimum Gasteiger partial charge on any atom is -0.497 e. The molecular weight excluding hydrogens is 420 g/mol. The van der Waals surface area contributed by atoms with Crippen molar-refractivity contribution in [3.8, 4) is 22.8 Å². The van der Waals surface area contributed by atoms with Crippen LogP contribution in [0.4, 0.5) is 0 Å². The van der Waals surface area contributed by atoms with E-state index in [4.69, 9.17) is 24.0 Å². The fourth-order valence-electron chi connectivity index (χ4n) is 3.51. The van der Waals surface area contributed by atoms with E-state index in [9.17, 15) is 4.79 Å². The Morgan fingerprint density at radius 1 is 1.09 bits per heavy atom. The zero-order valence-corrected chi connectivity index (χ0v) is 19.5. The molecule has 1 aliphatic rings. The molecule has 0 bridgehead atoms. The molecular formula is C26H30N2O5. The van der Waals surface area contributed by atoms with Crippen molar-refractivity contribution >= 4 is 5.97 Å². The first-order valence-corrected chi connectivity index (χ1v) is 11.1. The van der Waals surface area contributed by atoms with Gasteiger partial charge in [0.1, 0.15) is 11.5 Å². The van der Waals surface area contributed by atoms with Crippen LogP contribution in [0, 0.1) is 0 Å². The summed E-state index contributed by atoms with van der Waals surface area (Å²) in [4.78, 5) is 12.0. The molecule has 7 heteroatoms. The van der Waals surface area contributed by atoms with E-state index < -0.39 is 11.6 Å². The van der Waals surface area contributed by atoms with Gasteiger partial charge in [-0.3, -0.25) is 4.68 Å². The zero-order chi connectivity index (χ0) is 23.4. The first-order valence-electron chi connectivity index (χ1n) is 11.1. The number of carbonyl (C=O) groups is 1. The van der Waals surface area contributed by atoms with E-state index in [-0.39, 0.29) is 6.61 Å². The molecule has 2 aromatic carbocycles.